The second-order valence-electron chi connectivity index (χ2n) is 5.04. The van der Waals surface area contributed by atoms with E-state index in [0.29, 0.717) is 13.2 Å². The van der Waals surface area contributed by atoms with Gasteiger partial charge in [0, 0.05) is 19.3 Å². The second-order valence-corrected chi connectivity index (χ2v) is 6.72. The van der Waals surface area contributed by atoms with Gasteiger partial charge in [0.25, 0.3) is 0 Å². The lowest BCUT2D eigenvalue weighted by molar-refractivity contribution is 0.0585. The van der Waals surface area contributed by atoms with Crippen molar-refractivity contribution in [3.63, 3.8) is 0 Å². The van der Waals surface area contributed by atoms with Gasteiger partial charge >= 0.3 is 0 Å². The normalized spacial score (nSPS) is 18.9. The van der Waals surface area contributed by atoms with Crippen LogP contribution in [-0.2, 0) is 14.8 Å². The van der Waals surface area contributed by atoms with Crippen LogP contribution in [0.3, 0.4) is 0 Å². The highest BCUT2D eigenvalue weighted by molar-refractivity contribution is 7.89. The van der Waals surface area contributed by atoms with Crippen LogP contribution in [0.4, 0.5) is 10.1 Å². The third-order valence-corrected chi connectivity index (χ3v) is 5.21. The number of halogens is 1. The van der Waals surface area contributed by atoms with Crippen LogP contribution in [0.1, 0.15) is 19.8 Å². The Balaban J connectivity index is 2.13. The standard InChI is InChI=1S/C13H19FN2O3S/c1-9(10-4-6-19-7-5-10)16-20(17,18)13-3-2-11(14)8-12(13)15/h2-3,8-10,16H,4-7,15H2,1H3. The fourth-order valence-electron chi connectivity index (χ4n) is 2.38. The number of hydrogen-bond donors (Lipinski definition) is 2. The highest BCUT2D eigenvalue weighted by Gasteiger charge is 2.26. The zero-order valence-corrected chi connectivity index (χ0v) is 12.1. The van der Waals surface area contributed by atoms with Crippen molar-refractivity contribution >= 4 is 15.7 Å². The maximum Gasteiger partial charge on any atom is 0.242 e. The number of anilines is 1. The second kappa shape index (κ2) is 6.07. The van der Waals surface area contributed by atoms with Crippen LogP contribution in [0.15, 0.2) is 23.1 Å². The molecule has 1 aliphatic rings. The predicted octanol–water partition coefficient (Wildman–Crippen LogP) is 1.50. The molecular formula is C13H19FN2O3S. The Kier molecular flexibility index (Phi) is 4.62. The van der Waals surface area contributed by atoms with Gasteiger partial charge in [-0.3, -0.25) is 0 Å². The molecule has 1 unspecified atom stereocenters. The van der Waals surface area contributed by atoms with E-state index in [1.54, 1.807) is 0 Å². The van der Waals surface area contributed by atoms with Crippen molar-refractivity contribution in [1.29, 1.82) is 0 Å². The predicted molar refractivity (Wildman–Crippen MR) is 74.1 cm³/mol. The number of rotatable bonds is 4. The van der Waals surface area contributed by atoms with E-state index < -0.39 is 15.8 Å². The fraction of sp³-hybridized carbons (Fsp3) is 0.538. The lowest BCUT2D eigenvalue weighted by Crippen LogP contribution is -2.40. The molecule has 3 N–H and O–H groups in total. The van der Waals surface area contributed by atoms with Crippen molar-refractivity contribution in [3.05, 3.63) is 24.0 Å². The SMILES string of the molecule is CC(NS(=O)(=O)c1ccc(F)cc1N)C1CCOCC1. The average molecular weight is 302 g/mol. The zero-order chi connectivity index (χ0) is 14.8. The maximum absolute atomic E-state index is 13.0. The molecule has 1 aliphatic heterocycles. The molecule has 7 heteroatoms. The van der Waals surface area contributed by atoms with Crippen LogP contribution in [-0.4, -0.2) is 27.7 Å². The summed E-state index contributed by atoms with van der Waals surface area (Å²) in [6, 6.07) is 3.06. The zero-order valence-electron chi connectivity index (χ0n) is 11.3. The molecule has 1 atom stereocenters. The van der Waals surface area contributed by atoms with Crippen LogP contribution < -0.4 is 10.5 Å². The Hall–Kier alpha value is -1.18. The van der Waals surface area contributed by atoms with Crippen molar-refractivity contribution in [2.75, 3.05) is 18.9 Å². The number of nitrogens with two attached hydrogens (primary N) is 1. The summed E-state index contributed by atoms with van der Waals surface area (Å²) >= 11 is 0. The molecule has 0 aromatic heterocycles. The first kappa shape index (κ1) is 15.2. The highest BCUT2D eigenvalue weighted by Crippen LogP contribution is 2.23. The van der Waals surface area contributed by atoms with Crippen LogP contribution in [0.2, 0.25) is 0 Å². The molecule has 0 amide bonds. The van der Waals surface area contributed by atoms with Crippen molar-refractivity contribution < 1.29 is 17.5 Å². The Bertz CT molecular complexity index is 571. The van der Waals surface area contributed by atoms with Gasteiger partial charge in [0.15, 0.2) is 0 Å². The van der Waals surface area contributed by atoms with Gasteiger partial charge in [0.1, 0.15) is 10.7 Å². The molecule has 1 aromatic carbocycles. The van der Waals surface area contributed by atoms with Gasteiger partial charge in [-0.25, -0.2) is 17.5 Å². The lowest BCUT2D eigenvalue weighted by atomic mass is 9.94. The van der Waals surface area contributed by atoms with Gasteiger partial charge in [-0.05, 0) is 43.9 Å². The topological polar surface area (TPSA) is 81.4 Å². The summed E-state index contributed by atoms with van der Waals surface area (Å²) in [5, 5.41) is 0. The Morgan fingerprint density at radius 3 is 2.65 bits per heavy atom. The van der Waals surface area contributed by atoms with Crippen LogP contribution in [0.25, 0.3) is 0 Å². The molecule has 1 fully saturated rings. The molecule has 0 spiro atoms. The van der Waals surface area contributed by atoms with Crippen LogP contribution in [0.5, 0.6) is 0 Å². The highest BCUT2D eigenvalue weighted by atomic mass is 32.2. The van der Waals surface area contributed by atoms with Crippen molar-refractivity contribution in [1.82, 2.24) is 4.72 Å². The Morgan fingerprint density at radius 2 is 2.05 bits per heavy atom. The van der Waals surface area contributed by atoms with E-state index in [1.165, 1.54) is 6.07 Å². The molecule has 0 saturated carbocycles. The van der Waals surface area contributed by atoms with E-state index in [0.717, 1.165) is 25.0 Å². The molecule has 5 nitrogen and oxygen atoms in total. The van der Waals surface area contributed by atoms with E-state index in [2.05, 4.69) is 4.72 Å². The molecule has 0 radical (unpaired) electrons. The number of nitrogens with one attached hydrogen (secondary N) is 1. The first-order valence-electron chi connectivity index (χ1n) is 6.55. The Morgan fingerprint density at radius 1 is 1.40 bits per heavy atom. The fourth-order valence-corrected chi connectivity index (χ4v) is 3.81. The third-order valence-electron chi connectivity index (χ3n) is 3.58. The minimum Gasteiger partial charge on any atom is -0.398 e. The van der Waals surface area contributed by atoms with E-state index in [-0.39, 0.29) is 22.5 Å². The minimum atomic E-state index is -3.74. The van der Waals surface area contributed by atoms with Gasteiger partial charge in [-0.1, -0.05) is 0 Å². The summed E-state index contributed by atoms with van der Waals surface area (Å²) in [4.78, 5) is -0.0854. The molecule has 0 bridgehead atoms. The van der Waals surface area contributed by atoms with Gasteiger partial charge in [0.05, 0.1) is 5.69 Å². The molecule has 20 heavy (non-hydrogen) atoms. The molecule has 1 saturated heterocycles. The molecule has 1 heterocycles. The summed E-state index contributed by atoms with van der Waals surface area (Å²) in [7, 11) is -3.74. The van der Waals surface area contributed by atoms with E-state index in [1.807, 2.05) is 6.92 Å². The van der Waals surface area contributed by atoms with Gasteiger partial charge in [0.2, 0.25) is 10.0 Å². The molecule has 112 valence electrons. The first-order chi connectivity index (χ1) is 9.40. The smallest absolute Gasteiger partial charge is 0.242 e. The first-order valence-corrected chi connectivity index (χ1v) is 8.03. The minimum absolute atomic E-state index is 0.0854. The monoisotopic (exact) mass is 302 g/mol. The summed E-state index contributed by atoms with van der Waals surface area (Å²) in [5.74, 6) is -0.320. The number of benzene rings is 1. The number of ether oxygens (including phenoxy) is 1. The van der Waals surface area contributed by atoms with Crippen molar-refractivity contribution in [2.45, 2.75) is 30.7 Å². The van der Waals surface area contributed by atoms with Crippen molar-refractivity contribution in [3.8, 4) is 0 Å². The maximum atomic E-state index is 13.0. The van der Waals surface area contributed by atoms with Crippen LogP contribution >= 0.6 is 0 Å². The van der Waals surface area contributed by atoms with E-state index >= 15 is 0 Å². The number of nitrogen functional groups attached to an aromatic ring is 1. The van der Waals surface area contributed by atoms with E-state index in [4.69, 9.17) is 10.5 Å². The third kappa shape index (κ3) is 3.47. The molecule has 1 aromatic rings. The van der Waals surface area contributed by atoms with Crippen LogP contribution in [0, 0.1) is 11.7 Å². The van der Waals surface area contributed by atoms with Gasteiger partial charge < -0.3 is 10.5 Å². The summed E-state index contributed by atoms with van der Waals surface area (Å²) in [6.45, 7) is 3.12. The molecular weight excluding hydrogens is 283 g/mol. The summed E-state index contributed by atoms with van der Waals surface area (Å²) in [6.07, 6.45) is 1.64. The lowest BCUT2D eigenvalue weighted by Gasteiger charge is -2.28. The summed E-state index contributed by atoms with van der Waals surface area (Å²) < 4.78 is 45.4. The van der Waals surface area contributed by atoms with Crippen molar-refractivity contribution in [2.24, 2.45) is 5.92 Å². The summed E-state index contributed by atoms with van der Waals surface area (Å²) in [5.41, 5.74) is 5.50. The van der Waals surface area contributed by atoms with Gasteiger partial charge in [-0.15, -0.1) is 0 Å². The van der Waals surface area contributed by atoms with Gasteiger partial charge in [-0.2, -0.15) is 0 Å². The molecule has 0 aliphatic carbocycles. The van der Waals surface area contributed by atoms with E-state index in [9.17, 15) is 12.8 Å². The quantitative estimate of drug-likeness (QED) is 0.826. The largest absolute Gasteiger partial charge is 0.398 e. The Labute approximate surface area is 118 Å². The number of sulfonamides is 1. The molecule has 2 rings (SSSR count). The number of hydrogen-bond acceptors (Lipinski definition) is 4. The average Bonchev–Trinajstić information content (AvgIpc) is 2.38.